The Hall–Kier alpha value is 0.920. The van der Waals surface area contributed by atoms with E-state index < -0.39 is 11.3 Å². The molecule has 0 radical (unpaired) electrons. The first-order valence-corrected chi connectivity index (χ1v) is 6.30. The zero-order valence-corrected chi connectivity index (χ0v) is 8.26. The van der Waals surface area contributed by atoms with E-state index in [0.29, 0.717) is 0 Å². The fourth-order valence-corrected chi connectivity index (χ4v) is 2.48. The normalized spacial score (nSPS) is 19.2. The molecule has 9 heavy (non-hydrogen) atoms. The molecule has 1 unspecified atom stereocenters. The zero-order chi connectivity index (χ0) is 7.71. The van der Waals surface area contributed by atoms with Crippen LogP contribution in [0.4, 0.5) is 0 Å². The molecular formula is C4H11O2PS2. The summed E-state index contributed by atoms with van der Waals surface area (Å²) in [5.74, 6) is 0. The van der Waals surface area contributed by atoms with Crippen molar-refractivity contribution >= 4 is 29.7 Å². The smallest absolute Gasteiger partial charge is 0.242 e. The van der Waals surface area contributed by atoms with E-state index in [1.807, 2.05) is 20.8 Å². The standard InChI is InChI=1S/C4H11O2PS2/c1-4(2,3)6-7(5,8)9/h1-3H3,(H2,5,8,9). The highest BCUT2D eigenvalue weighted by Crippen LogP contribution is 2.50. The first kappa shape index (κ1) is 9.92. The molecule has 56 valence electrons. The van der Waals surface area contributed by atoms with E-state index in [-0.39, 0.29) is 0 Å². The summed E-state index contributed by atoms with van der Waals surface area (Å²) in [6.45, 7) is 5.46. The van der Waals surface area contributed by atoms with Crippen molar-refractivity contribution in [3.63, 3.8) is 0 Å². The molecule has 0 amide bonds. The van der Waals surface area contributed by atoms with Crippen LogP contribution in [-0.2, 0) is 16.3 Å². The second kappa shape index (κ2) is 2.89. The molecule has 0 saturated heterocycles. The van der Waals surface area contributed by atoms with Crippen molar-refractivity contribution < 1.29 is 9.42 Å². The van der Waals surface area contributed by atoms with Crippen molar-refractivity contribution in [1.82, 2.24) is 0 Å². The summed E-state index contributed by atoms with van der Waals surface area (Å²) in [6.07, 6.45) is 0. The largest absolute Gasteiger partial charge is 0.338 e. The van der Waals surface area contributed by atoms with Crippen LogP contribution < -0.4 is 0 Å². The van der Waals surface area contributed by atoms with Crippen LogP contribution in [0.3, 0.4) is 0 Å². The fourth-order valence-electron chi connectivity index (χ4n) is 0.357. The van der Waals surface area contributed by atoms with Crippen molar-refractivity contribution in [2.45, 2.75) is 26.4 Å². The summed E-state index contributed by atoms with van der Waals surface area (Å²) < 4.78 is 4.97. The van der Waals surface area contributed by atoms with Gasteiger partial charge in [0, 0.05) is 0 Å². The van der Waals surface area contributed by atoms with Crippen LogP contribution in [0.5, 0.6) is 0 Å². The summed E-state index contributed by atoms with van der Waals surface area (Å²) >= 11 is 8.25. The molecule has 0 fully saturated rings. The third kappa shape index (κ3) is 8.92. The Labute approximate surface area is 65.9 Å². The molecule has 1 N–H and O–H groups in total. The summed E-state index contributed by atoms with van der Waals surface area (Å²) in [5.41, 5.74) is -3.16. The minimum atomic E-state index is -2.76. The van der Waals surface area contributed by atoms with E-state index in [4.69, 9.17) is 9.42 Å². The van der Waals surface area contributed by atoms with E-state index in [9.17, 15) is 0 Å². The average molecular weight is 186 g/mol. The van der Waals surface area contributed by atoms with Gasteiger partial charge in [-0.15, -0.1) is 0 Å². The highest BCUT2D eigenvalue weighted by Gasteiger charge is 2.18. The summed E-state index contributed by atoms with van der Waals surface area (Å²) in [4.78, 5) is 8.92. The molecule has 0 bridgehead atoms. The van der Waals surface area contributed by atoms with Gasteiger partial charge in [-0.1, -0.05) is 12.2 Å². The highest BCUT2D eigenvalue weighted by molar-refractivity contribution is 8.59. The molecule has 0 aliphatic carbocycles. The molecule has 0 rings (SSSR count). The zero-order valence-electron chi connectivity index (χ0n) is 5.66. The van der Waals surface area contributed by atoms with Crippen molar-refractivity contribution in [3.8, 4) is 0 Å². The third-order valence-electron chi connectivity index (χ3n) is 0.393. The quantitative estimate of drug-likeness (QED) is 0.484. The molecule has 0 aromatic heterocycles. The number of thiol groups is 1. The third-order valence-corrected chi connectivity index (χ3v) is 1.65. The second-order valence-electron chi connectivity index (χ2n) is 2.69. The van der Waals surface area contributed by atoms with E-state index in [1.165, 1.54) is 0 Å². The molecule has 1 atom stereocenters. The second-order valence-corrected chi connectivity index (χ2v) is 7.78. The van der Waals surface area contributed by atoms with Crippen molar-refractivity contribution in [3.05, 3.63) is 0 Å². The minimum absolute atomic E-state index is 0.397. The van der Waals surface area contributed by atoms with Crippen LogP contribution >= 0.6 is 17.9 Å². The van der Waals surface area contributed by atoms with Gasteiger partial charge in [-0.2, -0.15) is 0 Å². The van der Waals surface area contributed by atoms with Gasteiger partial charge in [-0.05, 0) is 32.6 Å². The van der Waals surface area contributed by atoms with Crippen molar-refractivity contribution in [2.75, 3.05) is 0 Å². The lowest BCUT2D eigenvalue weighted by atomic mass is 10.2. The predicted octanol–water partition coefficient (Wildman–Crippen LogP) is 1.95. The molecule has 0 aliphatic heterocycles. The molecule has 5 heteroatoms. The Morgan fingerprint density at radius 3 is 1.89 bits per heavy atom. The van der Waals surface area contributed by atoms with Crippen LogP contribution in [-0.4, -0.2) is 10.5 Å². The van der Waals surface area contributed by atoms with Gasteiger partial charge >= 0.3 is 0 Å². The Kier molecular flexibility index (Phi) is 3.18. The fraction of sp³-hybridized carbons (Fsp3) is 1.00. The van der Waals surface area contributed by atoms with Gasteiger partial charge in [0.05, 0.1) is 5.60 Å². The Morgan fingerprint density at radius 2 is 1.89 bits per heavy atom. The molecule has 0 spiro atoms. The number of hydrogen-bond acceptors (Lipinski definition) is 2. The van der Waals surface area contributed by atoms with Gasteiger partial charge in [0.15, 0.2) is 0 Å². The topological polar surface area (TPSA) is 29.5 Å². The predicted molar refractivity (Wildman–Crippen MR) is 46.3 cm³/mol. The summed E-state index contributed by atoms with van der Waals surface area (Å²) in [6, 6.07) is 0. The number of rotatable bonds is 1. The maximum absolute atomic E-state index is 8.92. The minimum Gasteiger partial charge on any atom is -0.338 e. The lowest BCUT2D eigenvalue weighted by Crippen LogP contribution is -2.15. The van der Waals surface area contributed by atoms with E-state index in [2.05, 4.69) is 24.1 Å². The Bertz CT molecular complexity index is 134. The maximum atomic E-state index is 8.92. The van der Waals surface area contributed by atoms with Crippen LogP contribution in [0.15, 0.2) is 0 Å². The molecule has 0 heterocycles. The number of hydrogen-bond donors (Lipinski definition) is 2. The lowest BCUT2D eigenvalue weighted by Gasteiger charge is -2.22. The first-order valence-electron chi connectivity index (χ1n) is 2.47. The molecule has 2 nitrogen and oxygen atoms in total. The monoisotopic (exact) mass is 186 g/mol. The highest BCUT2D eigenvalue weighted by atomic mass is 32.9. The molecular weight excluding hydrogens is 175 g/mol. The lowest BCUT2D eigenvalue weighted by molar-refractivity contribution is 0.138. The van der Waals surface area contributed by atoms with Crippen LogP contribution in [0.1, 0.15) is 20.8 Å². The molecule has 0 aromatic carbocycles. The van der Waals surface area contributed by atoms with Gasteiger partial charge in [0.25, 0.3) is 0 Å². The van der Waals surface area contributed by atoms with Gasteiger partial charge < -0.3 is 9.42 Å². The van der Waals surface area contributed by atoms with Crippen LogP contribution in [0.25, 0.3) is 0 Å². The van der Waals surface area contributed by atoms with Crippen molar-refractivity contribution in [1.29, 1.82) is 0 Å². The Balaban J connectivity index is 3.90. The van der Waals surface area contributed by atoms with Crippen molar-refractivity contribution in [2.24, 2.45) is 0 Å². The summed E-state index contributed by atoms with van der Waals surface area (Å²) in [5, 5.41) is 0. The van der Waals surface area contributed by atoms with E-state index in [0.717, 1.165) is 0 Å². The van der Waals surface area contributed by atoms with E-state index >= 15 is 0 Å². The van der Waals surface area contributed by atoms with Crippen LogP contribution in [0.2, 0.25) is 0 Å². The average Bonchev–Trinajstić information content (AvgIpc) is 1.14. The SMILES string of the molecule is CC(C)(C)OP(O)(=S)S. The van der Waals surface area contributed by atoms with Gasteiger partial charge in [0.2, 0.25) is 5.69 Å². The Morgan fingerprint density at radius 1 is 1.56 bits per heavy atom. The maximum Gasteiger partial charge on any atom is 0.242 e. The van der Waals surface area contributed by atoms with Gasteiger partial charge in [-0.25, -0.2) is 0 Å². The first-order chi connectivity index (χ1) is 3.71. The van der Waals surface area contributed by atoms with Gasteiger partial charge in [0.1, 0.15) is 0 Å². The molecule has 0 aromatic rings. The molecule has 0 aliphatic rings. The van der Waals surface area contributed by atoms with Crippen LogP contribution in [0, 0.1) is 0 Å². The molecule has 0 saturated carbocycles. The van der Waals surface area contributed by atoms with E-state index in [1.54, 1.807) is 0 Å². The summed E-state index contributed by atoms with van der Waals surface area (Å²) in [7, 11) is 0. The van der Waals surface area contributed by atoms with Gasteiger partial charge in [-0.3, -0.25) is 0 Å².